The highest BCUT2D eigenvalue weighted by Crippen LogP contribution is 2.50. The lowest BCUT2D eigenvalue weighted by Gasteiger charge is -1.99. The molecule has 1 aliphatic rings. The van der Waals surface area contributed by atoms with Crippen molar-refractivity contribution in [1.29, 1.82) is 0 Å². The summed E-state index contributed by atoms with van der Waals surface area (Å²) in [6, 6.07) is 0. The molecule has 0 amide bonds. The van der Waals surface area contributed by atoms with Crippen molar-refractivity contribution in [2.24, 2.45) is 0 Å². The first-order valence-corrected chi connectivity index (χ1v) is 5.12. The van der Waals surface area contributed by atoms with E-state index < -0.39 is 5.44 Å². The Balaban J connectivity index is 2.52. The van der Waals surface area contributed by atoms with Gasteiger partial charge in [-0.15, -0.1) is 0 Å². The maximum absolute atomic E-state index is 9.30. The Morgan fingerprint density at radius 2 is 2.45 bits per heavy atom. The fourth-order valence-corrected chi connectivity index (χ4v) is 2.90. The molecule has 1 aromatic heterocycles. The summed E-state index contributed by atoms with van der Waals surface area (Å²) in [5.41, 5.74) is 5.42. The highest BCUT2D eigenvalue weighted by Gasteiger charge is 2.24. The summed E-state index contributed by atoms with van der Waals surface area (Å²) >= 11 is 0. The summed E-state index contributed by atoms with van der Waals surface area (Å²) in [7, 11) is 2.82. The van der Waals surface area contributed by atoms with E-state index in [1.807, 2.05) is 0 Å². The van der Waals surface area contributed by atoms with Crippen molar-refractivity contribution in [1.82, 2.24) is 9.97 Å². The van der Waals surface area contributed by atoms with Gasteiger partial charge in [0.2, 0.25) is 5.95 Å². The Bertz CT molecular complexity index is 293. The lowest BCUT2D eigenvalue weighted by molar-refractivity contribution is 0.265. The van der Waals surface area contributed by atoms with E-state index in [1.54, 1.807) is 6.20 Å². The van der Waals surface area contributed by atoms with Gasteiger partial charge in [-0.3, -0.25) is 0 Å². The number of hydrogen-bond donors (Lipinski definition) is 2. The van der Waals surface area contributed by atoms with E-state index >= 15 is 0 Å². The zero-order chi connectivity index (χ0) is 7.84. The van der Waals surface area contributed by atoms with Crippen LogP contribution >= 0.6 is 21.6 Å². The van der Waals surface area contributed by atoms with Gasteiger partial charge in [0.1, 0.15) is 5.69 Å². The van der Waals surface area contributed by atoms with Gasteiger partial charge in [0.05, 0.1) is 4.90 Å². The molecule has 0 aliphatic carbocycles. The van der Waals surface area contributed by atoms with Crippen molar-refractivity contribution in [2.75, 3.05) is 5.73 Å². The number of nitrogens with zero attached hydrogens (tertiary/aromatic N) is 2. The second-order valence-corrected chi connectivity index (χ2v) is 4.33. The number of nitrogen functional groups attached to an aromatic ring is 1. The van der Waals surface area contributed by atoms with Gasteiger partial charge in [0, 0.05) is 6.20 Å². The van der Waals surface area contributed by atoms with Gasteiger partial charge >= 0.3 is 0 Å². The van der Waals surface area contributed by atoms with E-state index in [9.17, 15) is 5.11 Å². The summed E-state index contributed by atoms with van der Waals surface area (Å²) in [6.07, 6.45) is 1.63. The van der Waals surface area contributed by atoms with Crippen LogP contribution < -0.4 is 5.73 Å². The normalized spacial score (nSPS) is 21.7. The van der Waals surface area contributed by atoms with E-state index in [1.165, 1.54) is 21.6 Å². The molecular weight excluding hydrogens is 182 g/mol. The Morgan fingerprint density at radius 1 is 1.64 bits per heavy atom. The van der Waals surface area contributed by atoms with Crippen molar-refractivity contribution in [3.8, 4) is 0 Å². The molecule has 3 N–H and O–H groups in total. The average Bonchev–Trinajstić information content (AvgIpc) is 2.33. The lowest BCUT2D eigenvalue weighted by Crippen LogP contribution is -1.99. The van der Waals surface area contributed by atoms with Crippen LogP contribution in [0.1, 0.15) is 11.1 Å². The minimum Gasteiger partial charge on any atom is -0.375 e. The van der Waals surface area contributed by atoms with Crippen molar-refractivity contribution in [3.05, 3.63) is 11.9 Å². The second-order valence-electron chi connectivity index (χ2n) is 2.01. The summed E-state index contributed by atoms with van der Waals surface area (Å²) in [5.74, 6) is 0.214. The molecule has 0 radical (unpaired) electrons. The molecule has 1 unspecified atom stereocenters. The molecular formula is C5H5N3OS2. The van der Waals surface area contributed by atoms with Gasteiger partial charge in [-0.05, 0) is 0 Å². The van der Waals surface area contributed by atoms with Crippen LogP contribution in [0.2, 0.25) is 0 Å². The van der Waals surface area contributed by atoms with Crippen LogP contribution in [0.3, 0.4) is 0 Å². The minimum absolute atomic E-state index is 0.214. The Labute approximate surface area is 71.0 Å². The van der Waals surface area contributed by atoms with E-state index in [-0.39, 0.29) is 5.95 Å². The van der Waals surface area contributed by atoms with Crippen LogP contribution in [-0.2, 0) is 0 Å². The molecule has 0 aromatic carbocycles. The topological polar surface area (TPSA) is 72.0 Å². The molecule has 11 heavy (non-hydrogen) atoms. The van der Waals surface area contributed by atoms with E-state index in [0.717, 1.165) is 4.90 Å². The Kier molecular flexibility index (Phi) is 1.67. The molecule has 58 valence electrons. The summed E-state index contributed by atoms with van der Waals surface area (Å²) < 4.78 is 0. The summed E-state index contributed by atoms with van der Waals surface area (Å²) in [5, 5.41) is 9.30. The second kappa shape index (κ2) is 2.54. The molecule has 4 nitrogen and oxygen atoms in total. The summed E-state index contributed by atoms with van der Waals surface area (Å²) in [6.45, 7) is 0. The quantitative estimate of drug-likeness (QED) is 0.585. The first-order valence-electron chi connectivity index (χ1n) is 2.91. The number of aliphatic hydroxyl groups excluding tert-OH is 1. The molecule has 2 rings (SSSR count). The number of rotatable bonds is 0. The standard InChI is InChI=1S/C5H5N3OS2/c6-5-7-1-2-3(8-5)4(9)11-10-2/h1,4,9H,(H2,6,7,8). The molecule has 1 aliphatic heterocycles. The van der Waals surface area contributed by atoms with Gasteiger partial charge in [-0.2, -0.15) is 0 Å². The number of anilines is 1. The Hall–Kier alpha value is -0.460. The van der Waals surface area contributed by atoms with Gasteiger partial charge in [0.25, 0.3) is 0 Å². The third kappa shape index (κ3) is 1.17. The molecule has 0 saturated carbocycles. The molecule has 2 heterocycles. The Morgan fingerprint density at radius 3 is 3.27 bits per heavy atom. The maximum Gasteiger partial charge on any atom is 0.220 e. The SMILES string of the molecule is Nc1ncc2c(n1)C(O)SS2. The fraction of sp³-hybridized carbons (Fsp3) is 0.200. The van der Waals surface area contributed by atoms with Gasteiger partial charge in [0.15, 0.2) is 5.44 Å². The van der Waals surface area contributed by atoms with Crippen LogP contribution in [0.5, 0.6) is 0 Å². The van der Waals surface area contributed by atoms with Crippen molar-refractivity contribution in [2.45, 2.75) is 10.3 Å². The van der Waals surface area contributed by atoms with Gasteiger partial charge < -0.3 is 10.8 Å². The smallest absolute Gasteiger partial charge is 0.220 e. The number of aliphatic hydroxyl groups is 1. The fourth-order valence-electron chi connectivity index (χ4n) is 0.782. The van der Waals surface area contributed by atoms with Gasteiger partial charge in [-0.1, -0.05) is 21.6 Å². The zero-order valence-electron chi connectivity index (χ0n) is 5.39. The first-order chi connectivity index (χ1) is 5.27. The third-order valence-corrected chi connectivity index (χ3v) is 3.63. The molecule has 0 saturated heterocycles. The molecule has 0 fully saturated rings. The lowest BCUT2D eigenvalue weighted by atomic mass is 10.4. The van der Waals surface area contributed by atoms with Crippen LogP contribution in [0.25, 0.3) is 0 Å². The van der Waals surface area contributed by atoms with Gasteiger partial charge in [-0.25, -0.2) is 9.97 Å². The summed E-state index contributed by atoms with van der Waals surface area (Å²) in [4.78, 5) is 8.62. The predicted molar refractivity (Wildman–Crippen MR) is 44.9 cm³/mol. The zero-order valence-corrected chi connectivity index (χ0v) is 7.02. The average molecular weight is 187 g/mol. The monoisotopic (exact) mass is 187 g/mol. The number of aromatic nitrogens is 2. The van der Waals surface area contributed by atoms with Crippen LogP contribution in [0.4, 0.5) is 5.95 Å². The molecule has 1 atom stereocenters. The van der Waals surface area contributed by atoms with E-state index in [4.69, 9.17) is 5.73 Å². The molecule has 0 spiro atoms. The highest BCUT2D eigenvalue weighted by atomic mass is 33.1. The number of fused-ring (bicyclic) bond motifs is 1. The largest absolute Gasteiger partial charge is 0.375 e. The predicted octanol–water partition coefficient (Wildman–Crippen LogP) is 0.804. The van der Waals surface area contributed by atoms with Crippen molar-refractivity contribution >= 4 is 27.5 Å². The maximum atomic E-state index is 9.30. The van der Waals surface area contributed by atoms with E-state index in [2.05, 4.69) is 9.97 Å². The van der Waals surface area contributed by atoms with Crippen LogP contribution in [0.15, 0.2) is 11.1 Å². The molecule has 6 heteroatoms. The van der Waals surface area contributed by atoms with Crippen LogP contribution in [-0.4, -0.2) is 15.1 Å². The van der Waals surface area contributed by atoms with Crippen molar-refractivity contribution < 1.29 is 5.11 Å². The number of nitrogens with two attached hydrogens (primary N) is 1. The third-order valence-electron chi connectivity index (χ3n) is 1.26. The molecule has 1 aromatic rings. The van der Waals surface area contributed by atoms with Crippen molar-refractivity contribution in [3.63, 3.8) is 0 Å². The first kappa shape index (κ1) is 7.20. The van der Waals surface area contributed by atoms with E-state index in [0.29, 0.717) is 5.69 Å². The number of hydrogen-bond acceptors (Lipinski definition) is 6. The van der Waals surface area contributed by atoms with Crippen LogP contribution in [0, 0.1) is 0 Å². The highest BCUT2D eigenvalue weighted by molar-refractivity contribution is 8.77. The molecule has 0 bridgehead atoms. The minimum atomic E-state index is -0.555.